The Kier molecular flexibility index (Phi) is 5.31. The van der Waals surface area contributed by atoms with Crippen LogP contribution in [-0.2, 0) is 14.3 Å². The number of carboxylic acid groups (broad SMARTS) is 1. The van der Waals surface area contributed by atoms with E-state index < -0.39 is 5.97 Å². The van der Waals surface area contributed by atoms with Crippen LogP contribution >= 0.6 is 0 Å². The van der Waals surface area contributed by atoms with Crippen molar-refractivity contribution >= 4 is 11.9 Å². The Morgan fingerprint density at radius 3 is 2.63 bits per heavy atom. The van der Waals surface area contributed by atoms with Crippen LogP contribution in [0.15, 0.2) is 23.4 Å². The van der Waals surface area contributed by atoms with Crippen LogP contribution in [0.2, 0.25) is 0 Å². The fraction of sp³-hybridized carbons (Fsp3) is 0.760. The van der Waals surface area contributed by atoms with E-state index in [2.05, 4.69) is 33.0 Å². The van der Waals surface area contributed by atoms with Crippen molar-refractivity contribution in [1.29, 1.82) is 0 Å². The largest absolute Gasteiger partial charge is 0.480 e. The number of allylic oxidation sites excluding steroid dienone is 2. The highest BCUT2D eigenvalue weighted by molar-refractivity contribution is 5.69. The number of aliphatic carboxylic acids is 1. The number of carbonyl (C=O) groups excluding carboxylic acids is 1. The van der Waals surface area contributed by atoms with Crippen molar-refractivity contribution in [3.63, 3.8) is 0 Å². The maximum Gasteiger partial charge on any atom is 0.323 e. The van der Waals surface area contributed by atoms with E-state index in [4.69, 9.17) is 9.84 Å². The smallest absolute Gasteiger partial charge is 0.323 e. The molecule has 0 saturated heterocycles. The van der Waals surface area contributed by atoms with Gasteiger partial charge in [0.2, 0.25) is 0 Å². The van der Waals surface area contributed by atoms with Crippen molar-refractivity contribution in [2.45, 2.75) is 72.6 Å². The second kappa shape index (κ2) is 7.42. The maximum absolute atomic E-state index is 11.5. The number of carbonyl (C=O) groups is 2. The van der Waals surface area contributed by atoms with E-state index in [9.17, 15) is 9.59 Å². The molecule has 5 nitrogen and oxygen atoms in total. The number of carboxylic acids is 1. The third kappa shape index (κ3) is 3.38. The van der Waals surface area contributed by atoms with Crippen LogP contribution in [0.4, 0.5) is 0 Å². The molecule has 3 aliphatic carbocycles. The second-order valence-electron chi connectivity index (χ2n) is 11.0. The quantitative estimate of drug-likeness (QED) is 0.669. The molecule has 166 valence electrons. The minimum Gasteiger partial charge on any atom is -0.480 e. The molecular formula is C25H37NO4. The molecule has 2 unspecified atom stereocenters. The summed E-state index contributed by atoms with van der Waals surface area (Å²) in [4.78, 5) is 24.6. The van der Waals surface area contributed by atoms with Gasteiger partial charge in [0.1, 0.15) is 6.54 Å². The van der Waals surface area contributed by atoms with Crippen LogP contribution in [-0.4, -0.2) is 41.6 Å². The first kappa shape index (κ1) is 21.5. The van der Waals surface area contributed by atoms with Crippen LogP contribution in [0.3, 0.4) is 0 Å². The molecule has 0 radical (unpaired) electrons. The van der Waals surface area contributed by atoms with Gasteiger partial charge in [-0.15, -0.1) is 0 Å². The zero-order valence-electron chi connectivity index (χ0n) is 19.0. The number of hydrogen-bond acceptors (Lipinski definition) is 4. The Bertz CT molecular complexity index is 801. The summed E-state index contributed by atoms with van der Waals surface area (Å²) in [7, 11) is 0. The summed E-state index contributed by atoms with van der Waals surface area (Å²) in [5.41, 5.74) is 3.30. The molecule has 0 spiro atoms. The average Bonchev–Trinajstić information content (AvgIpc) is 2.65. The predicted octanol–water partition coefficient (Wildman–Crippen LogP) is 4.78. The second-order valence-corrected chi connectivity index (χ2v) is 11.0. The van der Waals surface area contributed by atoms with Crippen LogP contribution in [0.25, 0.3) is 0 Å². The van der Waals surface area contributed by atoms with Crippen molar-refractivity contribution in [2.24, 2.45) is 28.1 Å². The van der Waals surface area contributed by atoms with Crippen LogP contribution in [0.1, 0.15) is 72.6 Å². The summed E-state index contributed by atoms with van der Waals surface area (Å²) in [6, 6.07) is 0. The van der Waals surface area contributed by atoms with E-state index in [0.717, 1.165) is 25.7 Å². The Morgan fingerprint density at radius 2 is 1.93 bits per heavy atom. The monoisotopic (exact) mass is 415 g/mol. The van der Waals surface area contributed by atoms with Crippen LogP contribution in [0, 0.1) is 28.1 Å². The van der Waals surface area contributed by atoms with E-state index in [-0.39, 0.29) is 28.8 Å². The molecule has 3 fully saturated rings. The molecule has 5 heteroatoms. The molecule has 1 heterocycles. The minimum atomic E-state index is -0.772. The zero-order chi connectivity index (χ0) is 21.7. The third-order valence-electron chi connectivity index (χ3n) is 9.09. The molecule has 30 heavy (non-hydrogen) atoms. The van der Waals surface area contributed by atoms with Gasteiger partial charge in [-0.3, -0.25) is 9.59 Å². The van der Waals surface area contributed by atoms with Gasteiger partial charge >= 0.3 is 11.9 Å². The highest BCUT2D eigenvalue weighted by Crippen LogP contribution is 2.69. The first-order valence-corrected chi connectivity index (χ1v) is 11.6. The van der Waals surface area contributed by atoms with Gasteiger partial charge in [-0.2, -0.15) is 0 Å². The molecule has 4 aliphatic rings. The van der Waals surface area contributed by atoms with E-state index in [1.54, 1.807) is 0 Å². The summed E-state index contributed by atoms with van der Waals surface area (Å²) in [6.45, 7) is 10.1. The molecule has 1 N–H and O–H groups in total. The molecule has 0 amide bonds. The Morgan fingerprint density at radius 1 is 1.17 bits per heavy atom. The zero-order valence-corrected chi connectivity index (χ0v) is 19.0. The number of rotatable bonds is 4. The van der Waals surface area contributed by atoms with E-state index in [0.29, 0.717) is 25.0 Å². The van der Waals surface area contributed by atoms with Crippen molar-refractivity contribution in [3.8, 4) is 0 Å². The van der Waals surface area contributed by atoms with E-state index >= 15 is 0 Å². The standard InChI is InChI=1S/C25H37NO4/c1-17(27)30-16-23(2)10-5-11-25(4)20(23)8-12-24(3)19-9-13-26(15-22(28)29)14-18(19)6-7-21(24)25/h9,14,20-21H,5-8,10-13,15-16H2,1-4H3,(H,28,29)/t20?,21?,23-,24+,25+/m1/s1. The van der Waals surface area contributed by atoms with Crippen molar-refractivity contribution in [1.82, 2.24) is 4.90 Å². The molecule has 3 saturated carbocycles. The molecule has 0 aromatic heterocycles. The molecule has 0 aromatic carbocycles. The summed E-state index contributed by atoms with van der Waals surface area (Å²) >= 11 is 0. The van der Waals surface area contributed by atoms with Crippen molar-refractivity contribution in [3.05, 3.63) is 23.4 Å². The molecular weight excluding hydrogens is 378 g/mol. The fourth-order valence-electron chi connectivity index (χ4n) is 7.93. The third-order valence-corrected chi connectivity index (χ3v) is 9.09. The molecule has 4 rings (SSSR count). The minimum absolute atomic E-state index is 0.0648. The van der Waals surface area contributed by atoms with Gasteiger partial charge in [0.15, 0.2) is 0 Å². The summed E-state index contributed by atoms with van der Waals surface area (Å²) in [6.07, 6.45) is 12.6. The first-order valence-electron chi connectivity index (χ1n) is 11.6. The molecule has 0 aromatic rings. The Labute approximate surface area is 180 Å². The van der Waals surface area contributed by atoms with Crippen molar-refractivity contribution < 1.29 is 19.4 Å². The van der Waals surface area contributed by atoms with Gasteiger partial charge in [-0.05, 0) is 72.3 Å². The lowest BCUT2D eigenvalue weighted by atomic mass is 9.40. The van der Waals surface area contributed by atoms with Gasteiger partial charge in [0.25, 0.3) is 0 Å². The maximum atomic E-state index is 11.5. The van der Waals surface area contributed by atoms with Crippen LogP contribution < -0.4 is 0 Å². The molecule has 0 bridgehead atoms. The Hall–Kier alpha value is -1.78. The summed E-state index contributed by atoms with van der Waals surface area (Å²) < 4.78 is 5.56. The van der Waals surface area contributed by atoms with Gasteiger partial charge < -0.3 is 14.7 Å². The number of nitrogens with zero attached hydrogens (tertiary/aromatic N) is 1. The van der Waals surface area contributed by atoms with Gasteiger partial charge in [-0.1, -0.05) is 33.3 Å². The first-order chi connectivity index (χ1) is 14.1. The molecule has 1 aliphatic heterocycles. The van der Waals surface area contributed by atoms with Gasteiger partial charge in [-0.25, -0.2) is 0 Å². The van der Waals surface area contributed by atoms with Crippen LogP contribution in [0.5, 0.6) is 0 Å². The Balaban J connectivity index is 1.61. The average molecular weight is 416 g/mol. The van der Waals surface area contributed by atoms with E-state index in [1.807, 2.05) is 4.90 Å². The lowest BCUT2D eigenvalue weighted by Crippen LogP contribution is -2.58. The lowest BCUT2D eigenvalue weighted by Gasteiger charge is -2.65. The summed E-state index contributed by atoms with van der Waals surface area (Å²) in [5, 5.41) is 9.17. The highest BCUT2D eigenvalue weighted by Gasteiger charge is 2.61. The number of fused-ring (bicyclic) bond motifs is 5. The fourth-order valence-corrected chi connectivity index (χ4v) is 7.93. The molecule has 5 atom stereocenters. The topological polar surface area (TPSA) is 66.8 Å². The van der Waals surface area contributed by atoms with E-state index in [1.165, 1.54) is 37.3 Å². The van der Waals surface area contributed by atoms with Gasteiger partial charge in [0, 0.05) is 25.1 Å². The SMILES string of the molecule is CC(=O)OC[C@@]1(C)CCC[C@@]2(C)C1CC[C@@]1(C)C3=CCN(CC(=O)O)C=C3CCC21. The number of ether oxygens (including phenoxy) is 1. The van der Waals surface area contributed by atoms with Crippen molar-refractivity contribution in [2.75, 3.05) is 19.7 Å². The predicted molar refractivity (Wildman–Crippen MR) is 116 cm³/mol. The van der Waals surface area contributed by atoms with Gasteiger partial charge in [0.05, 0.1) is 6.61 Å². The highest BCUT2D eigenvalue weighted by atomic mass is 16.5. The number of hydrogen-bond donors (Lipinski definition) is 1. The lowest BCUT2D eigenvalue weighted by molar-refractivity contribution is -0.164. The normalized spacial score (nSPS) is 40.3. The summed E-state index contributed by atoms with van der Waals surface area (Å²) in [5.74, 6) is 0.255. The number of esters is 1.